The first-order valence-electron chi connectivity index (χ1n) is 7.36. The molecule has 3 unspecified atom stereocenters. The van der Waals surface area contributed by atoms with Crippen molar-refractivity contribution in [1.82, 2.24) is 20.2 Å². The Morgan fingerprint density at radius 2 is 2.15 bits per heavy atom. The van der Waals surface area contributed by atoms with Gasteiger partial charge in [-0.1, -0.05) is 6.42 Å². The number of anilines is 1. The molecule has 5 nitrogen and oxygen atoms in total. The van der Waals surface area contributed by atoms with Crippen molar-refractivity contribution in [2.24, 2.45) is 11.8 Å². The highest BCUT2D eigenvalue weighted by atomic mass is 15.6. The van der Waals surface area contributed by atoms with Gasteiger partial charge in [0, 0.05) is 11.3 Å². The molecule has 0 spiro atoms. The first-order valence-corrected chi connectivity index (χ1v) is 7.36. The zero-order chi connectivity index (χ0) is 13.7. The molecular formula is C15H19N5. The van der Waals surface area contributed by atoms with Gasteiger partial charge in [-0.25, -0.2) is 4.68 Å². The Labute approximate surface area is 118 Å². The van der Waals surface area contributed by atoms with Crippen LogP contribution in [-0.2, 0) is 0 Å². The third kappa shape index (κ3) is 1.72. The molecule has 104 valence electrons. The molecule has 1 aromatic heterocycles. The van der Waals surface area contributed by atoms with E-state index in [-0.39, 0.29) is 0 Å². The quantitative estimate of drug-likeness (QED) is 0.851. The molecule has 20 heavy (non-hydrogen) atoms. The number of hydrogen-bond donors (Lipinski definition) is 1. The van der Waals surface area contributed by atoms with Crippen LogP contribution < -0.4 is 5.73 Å². The number of hydrogen-bond acceptors (Lipinski definition) is 4. The number of nitrogens with zero attached hydrogens (tertiary/aromatic N) is 4. The minimum Gasteiger partial charge on any atom is -0.399 e. The maximum absolute atomic E-state index is 5.89. The normalized spacial score (nSPS) is 28.1. The van der Waals surface area contributed by atoms with Gasteiger partial charge in [0.1, 0.15) is 0 Å². The minimum absolute atomic E-state index is 0.483. The molecule has 5 heteroatoms. The third-order valence-electron chi connectivity index (χ3n) is 5.04. The molecule has 3 atom stereocenters. The number of tetrazole rings is 1. The first kappa shape index (κ1) is 11.9. The zero-order valence-corrected chi connectivity index (χ0v) is 11.7. The van der Waals surface area contributed by atoms with E-state index in [0.29, 0.717) is 6.04 Å². The smallest absolute Gasteiger partial charge is 0.182 e. The van der Waals surface area contributed by atoms with Gasteiger partial charge in [-0.15, -0.1) is 5.10 Å². The van der Waals surface area contributed by atoms with Crippen LogP contribution in [-0.4, -0.2) is 20.2 Å². The summed E-state index contributed by atoms with van der Waals surface area (Å²) in [5.74, 6) is 2.53. The molecule has 2 bridgehead atoms. The van der Waals surface area contributed by atoms with Crippen LogP contribution in [0.25, 0.3) is 11.4 Å². The summed E-state index contributed by atoms with van der Waals surface area (Å²) < 4.78 is 2.05. The molecule has 0 radical (unpaired) electrons. The Kier molecular flexibility index (Phi) is 2.55. The zero-order valence-electron chi connectivity index (χ0n) is 11.7. The second-order valence-electron chi connectivity index (χ2n) is 6.26. The number of aromatic nitrogens is 4. The lowest BCUT2D eigenvalue weighted by molar-refractivity contribution is 0.304. The topological polar surface area (TPSA) is 69.6 Å². The van der Waals surface area contributed by atoms with Crippen molar-refractivity contribution in [3.05, 3.63) is 23.8 Å². The van der Waals surface area contributed by atoms with Crippen LogP contribution >= 0.6 is 0 Å². The Balaban J connectivity index is 1.73. The SMILES string of the molecule is Cc1cc(-c2nnnn2C2CC3CCC2C3)ccc1N. The molecule has 4 rings (SSSR count). The van der Waals surface area contributed by atoms with Gasteiger partial charge in [-0.05, 0) is 72.2 Å². The minimum atomic E-state index is 0.483. The van der Waals surface area contributed by atoms with Crippen molar-refractivity contribution in [3.8, 4) is 11.4 Å². The van der Waals surface area contributed by atoms with E-state index in [9.17, 15) is 0 Å². The van der Waals surface area contributed by atoms with E-state index < -0.39 is 0 Å². The van der Waals surface area contributed by atoms with Crippen molar-refractivity contribution in [1.29, 1.82) is 0 Å². The summed E-state index contributed by atoms with van der Waals surface area (Å²) in [4.78, 5) is 0. The molecule has 2 aromatic rings. The maximum atomic E-state index is 5.89. The molecule has 0 aliphatic heterocycles. The highest BCUT2D eigenvalue weighted by Gasteiger charge is 2.42. The van der Waals surface area contributed by atoms with Crippen molar-refractivity contribution in [3.63, 3.8) is 0 Å². The largest absolute Gasteiger partial charge is 0.399 e. The van der Waals surface area contributed by atoms with E-state index in [1.54, 1.807) is 0 Å². The highest BCUT2D eigenvalue weighted by molar-refractivity contribution is 5.61. The predicted molar refractivity (Wildman–Crippen MR) is 76.9 cm³/mol. The summed E-state index contributed by atoms with van der Waals surface area (Å²) in [5.41, 5.74) is 8.84. The standard InChI is InChI=1S/C15H19N5/c1-9-6-12(4-5-13(9)16)15-17-18-19-20(15)14-8-10-2-3-11(14)7-10/h4-6,10-11,14H,2-3,7-8,16H2,1H3. The van der Waals surface area contributed by atoms with Crippen molar-refractivity contribution >= 4 is 5.69 Å². The van der Waals surface area contributed by atoms with E-state index in [1.807, 2.05) is 19.1 Å². The van der Waals surface area contributed by atoms with Crippen LogP contribution in [0.3, 0.4) is 0 Å². The average molecular weight is 269 g/mol. The van der Waals surface area contributed by atoms with Crippen LogP contribution in [0.1, 0.15) is 37.3 Å². The van der Waals surface area contributed by atoms with Gasteiger partial charge in [0.05, 0.1) is 6.04 Å². The second kappa shape index (κ2) is 4.30. The number of nitrogen functional groups attached to an aromatic ring is 1. The number of fused-ring (bicyclic) bond motifs is 2. The van der Waals surface area contributed by atoms with Crippen LogP contribution in [0.2, 0.25) is 0 Å². The summed E-state index contributed by atoms with van der Waals surface area (Å²) in [5, 5.41) is 12.4. The number of nitrogens with two attached hydrogens (primary N) is 1. The summed E-state index contributed by atoms with van der Waals surface area (Å²) in [6, 6.07) is 6.50. The van der Waals surface area contributed by atoms with Crippen LogP contribution in [0, 0.1) is 18.8 Å². The van der Waals surface area contributed by atoms with Crippen molar-refractivity contribution in [2.45, 2.75) is 38.6 Å². The first-order chi connectivity index (χ1) is 9.72. The fraction of sp³-hybridized carbons (Fsp3) is 0.533. The summed E-state index contributed by atoms with van der Waals surface area (Å²) in [7, 11) is 0. The van der Waals surface area contributed by atoms with Crippen molar-refractivity contribution < 1.29 is 0 Å². The Morgan fingerprint density at radius 3 is 2.85 bits per heavy atom. The van der Waals surface area contributed by atoms with Gasteiger partial charge < -0.3 is 5.73 Å². The lowest BCUT2D eigenvalue weighted by Gasteiger charge is -2.22. The van der Waals surface area contributed by atoms with Gasteiger partial charge >= 0.3 is 0 Å². The lowest BCUT2D eigenvalue weighted by Crippen LogP contribution is -2.18. The third-order valence-corrected chi connectivity index (χ3v) is 5.04. The molecular weight excluding hydrogens is 250 g/mol. The van der Waals surface area contributed by atoms with Crippen LogP contribution in [0.15, 0.2) is 18.2 Å². The van der Waals surface area contributed by atoms with Gasteiger partial charge in [0.2, 0.25) is 0 Å². The number of rotatable bonds is 2. The number of benzene rings is 1. The fourth-order valence-corrected chi connectivity index (χ4v) is 3.93. The number of aryl methyl sites for hydroxylation is 1. The van der Waals surface area contributed by atoms with E-state index in [2.05, 4.69) is 26.3 Å². The van der Waals surface area contributed by atoms with Crippen LogP contribution in [0.4, 0.5) is 5.69 Å². The van der Waals surface area contributed by atoms with Gasteiger partial charge in [0.25, 0.3) is 0 Å². The second-order valence-corrected chi connectivity index (χ2v) is 6.26. The Morgan fingerprint density at radius 1 is 1.25 bits per heavy atom. The molecule has 0 saturated heterocycles. The molecule has 2 N–H and O–H groups in total. The highest BCUT2D eigenvalue weighted by Crippen LogP contribution is 2.51. The molecule has 2 aliphatic rings. The van der Waals surface area contributed by atoms with Gasteiger partial charge in [-0.2, -0.15) is 0 Å². The lowest BCUT2D eigenvalue weighted by atomic mass is 9.95. The summed E-state index contributed by atoms with van der Waals surface area (Å²) in [6.45, 7) is 2.02. The summed E-state index contributed by atoms with van der Waals surface area (Å²) in [6.07, 6.45) is 5.30. The van der Waals surface area contributed by atoms with E-state index in [0.717, 1.165) is 34.5 Å². The fourth-order valence-electron chi connectivity index (χ4n) is 3.93. The Bertz CT molecular complexity index is 647. The van der Waals surface area contributed by atoms with E-state index >= 15 is 0 Å². The molecule has 2 fully saturated rings. The van der Waals surface area contributed by atoms with Crippen molar-refractivity contribution in [2.75, 3.05) is 5.73 Å². The molecule has 0 amide bonds. The van der Waals surface area contributed by atoms with Gasteiger partial charge in [-0.3, -0.25) is 0 Å². The monoisotopic (exact) mass is 269 g/mol. The van der Waals surface area contributed by atoms with Gasteiger partial charge in [0.15, 0.2) is 5.82 Å². The van der Waals surface area contributed by atoms with E-state index in [1.165, 1.54) is 25.7 Å². The molecule has 2 saturated carbocycles. The van der Waals surface area contributed by atoms with Crippen LogP contribution in [0.5, 0.6) is 0 Å². The molecule has 1 aromatic carbocycles. The maximum Gasteiger partial charge on any atom is 0.182 e. The van der Waals surface area contributed by atoms with E-state index in [4.69, 9.17) is 5.73 Å². The predicted octanol–water partition coefficient (Wildman–Crippen LogP) is 2.59. The average Bonchev–Trinajstić information content (AvgIpc) is 3.16. The molecule has 1 heterocycles. The molecule has 2 aliphatic carbocycles. The summed E-state index contributed by atoms with van der Waals surface area (Å²) >= 11 is 0. The Hall–Kier alpha value is -1.91.